The summed E-state index contributed by atoms with van der Waals surface area (Å²) >= 11 is 0. The monoisotopic (exact) mass is 266 g/mol. The van der Waals surface area contributed by atoms with Crippen molar-refractivity contribution in [3.63, 3.8) is 0 Å². The van der Waals surface area contributed by atoms with Crippen molar-refractivity contribution in [3.8, 4) is 5.69 Å². The molecule has 4 nitrogen and oxygen atoms in total. The average molecular weight is 266 g/mol. The van der Waals surface area contributed by atoms with Crippen LogP contribution in [0.3, 0.4) is 0 Å². The minimum atomic E-state index is 0.861. The van der Waals surface area contributed by atoms with Gasteiger partial charge in [0.2, 0.25) is 0 Å². The molecule has 0 saturated heterocycles. The van der Waals surface area contributed by atoms with E-state index in [1.165, 1.54) is 11.1 Å². The molecule has 3 rings (SSSR count). The summed E-state index contributed by atoms with van der Waals surface area (Å²) in [6, 6.07) is 8.36. The number of nitrogens with zero attached hydrogens (tertiary/aromatic N) is 3. The number of nitrogens with one attached hydrogen (secondary N) is 1. The summed E-state index contributed by atoms with van der Waals surface area (Å²) in [4.78, 5) is 8.80. The number of aromatic nitrogens is 3. The van der Waals surface area contributed by atoms with Crippen LogP contribution in [0.4, 0.5) is 5.82 Å². The maximum Gasteiger partial charge on any atom is 0.127 e. The van der Waals surface area contributed by atoms with E-state index < -0.39 is 0 Å². The zero-order valence-corrected chi connectivity index (χ0v) is 12.0. The number of aryl methyl sites for hydroxylation is 2. The van der Waals surface area contributed by atoms with E-state index in [1.54, 1.807) is 0 Å². The lowest BCUT2D eigenvalue weighted by atomic mass is 10.1. The highest BCUT2D eigenvalue weighted by molar-refractivity contribution is 5.79. The van der Waals surface area contributed by atoms with Crippen molar-refractivity contribution in [1.82, 2.24) is 14.5 Å². The van der Waals surface area contributed by atoms with Gasteiger partial charge in [0, 0.05) is 18.8 Å². The summed E-state index contributed by atoms with van der Waals surface area (Å²) in [6.07, 6.45) is 3.69. The van der Waals surface area contributed by atoms with E-state index in [9.17, 15) is 0 Å². The van der Waals surface area contributed by atoms with Crippen LogP contribution in [0, 0.1) is 13.8 Å². The molecule has 1 N–H and O–H groups in total. The van der Waals surface area contributed by atoms with E-state index in [2.05, 4.69) is 52.8 Å². The molecular formula is C16H18N4. The second kappa shape index (κ2) is 4.96. The standard InChI is InChI=1S/C16H18N4/c1-4-17-16-9-13(5-6-18-16)20-10-19-14-7-11(2)12(3)8-15(14)20/h5-10H,4H2,1-3H3,(H,17,18). The smallest absolute Gasteiger partial charge is 0.127 e. The number of rotatable bonds is 3. The number of imidazole rings is 1. The van der Waals surface area contributed by atoms with E-state index in [1.807, 2.05) is 24.7 Å². The number of fused-ring (bicyclic) bond motifs is 1. The van der Waals surface area contributed by atoms with Crippen molar-refractivity contribution >= 4 is 16.9 Å². The average Bonchev–Trinajstić information content (AvgIpc) is 2.83. The Morgan fingerprint density at radius 1 is 1.10 bits per heavy atom. The molecule has 0 fully saturated rings. The van der Waals surface area contributed by atoms with Crippen molar-refractivity contribution in [3.05, 3.63) is 47.9 Å². The van der Waals surface area contributed by atoms with Gasteiger partial charge in [0.05, 0.1) is 16.7 Å². The Bertz CT molecular complexity index is 758. The first-order valence-electron chi connectivity index (χ1n) is 6.83. The molecule has 0 aliphatic heterocycles. The van der Waals surface area contributed by atoms with Gasteiger partial charge in [-0.2, -0.15) is 0 Å². The predicted octanol–water partition coefficient (Wildman–Crippen LogP) is 3.47. The van der Waals surface area contributed by atoms with Crippen LogP contribution in [0.2, 0.25) is 0 Å². The van der Waals surface area contributed by atoms with Crippen LogP contribution in [-0.4, -0.2) is 21.1 Å². The highest BCUT2D eigenvalue weighted by atomic mass is 15.1. The summed E-state index contributed by atoms with van der Waals surface area (Å²) in [7, 11) is 0. The lowest BCUT2D eigenvalue weighted by Gasteiger charge is -2.08. The number of hydrogen-bond donors (Lipinski definition) is 1. The molecule has 0 spiro atoms. The van der Waals surface area contributed by atoms with Gasteiger partial charge in [0.25, 0.3) is 0 Å². The lowest BCUT2D eigenvalue weighted by molar-refractivity contribution is 1.07. The number of pyridine rings is 1. The molecule has 0 saturated carbocycles. The van der Waals surface area contributed by atoms with E-state index in [0.717, 1.165) is 29.1 Å². The number of benzene rings is 1. The molecule has 0 radical (unpaired) electrons. The second-order valence-electron chi connectivity index (χ2n) is 4.97. The van der Waals surface area contributed by atoms with Gasteiger partial charge in [-0.3, -0.25) is 4.57 Å². The van der Waals surface area contributed by atoms with Gasteiger partial charge in [0.15, 0.2) is 0 Å². The summed E-state index contributed by atoms with van der Waals surface area (Å²) < 4.78 is 2.10. The lowest BCUT2D eigenvalue weighted by Crippen LogP contribution is -2.01. The third-order valence-electron chi connectivity index (χ3n) is 3.54. The second-order valence-corrected chi connectivity index (χ2v) is 4.97. The van der Waals surface area contributed by atoms with E-state index in [0.29, 0.717) is 0 Å². The van der Waals surface area contributed by atoms with Crippen LogP contribution in [0.1, 0.15) is 18.1 Å². The summed E-state index contributed by atoms with van der Waals surface area (Å²) in [5.74, 6) is 0.885. The zero-order valence-electron chi connectivity index (χ0n) is 12.0. The third kappa shape index (κ3) is 2.13. The molecule has 0 amide bonds. The first-order chi connectivity index (χ1) is 9.69. The summed E-state index contributed by atoms with van der Waals surface area (Å²) in [5, 5.41) is 3.23. The van der Waals surface area contributed by atoms with Crippen molar-refractivity contribution in [2.75, 3.05) is 11.9 Å². The summed E-state index contributed by atoms with van der Waals surface area (Å²) in [6.45, 7) is 7.17. The molecule has 4 heteroatoms. The topological polar surface area (TPSA) is 42.7 Å². The van der Waals surface area contributed by atoms with Gasteiger partial charge in [-0.1, -0.05) is 0 Å². The Labute approximate surface area is 118 Å². The van der Waals surface area contributed by atoms with Crippen molar-refractivity contribution in [2.45, 2.75) is 20.8 Å². The van der Waals surface area contributed by atoms with Crippen LogP contribution in [0.25, 0.3) is 16.7 Å². The fourth-order valence-corrected chi connectivity index (χ4v) is 2.32. The first-order valence-corrected chi connectivity index (χ1v) is 6.83. The highest BCUT2D eigenvalue weighted by Crippen LogP contribution is 2.22. The van der Waals surface area contributed by atoms with Crippen LogP contribution in [0.5, 0.6) is 0 Å². The molecule has 1 aromatic carbocycles. The minimum absolute atomic E-state index is 0.861. The molecule has 0 atom stereocenters. The van der Waals surface area contributed by atoms with Crippen LogP contribution < -0.4 is 5.32 Å². The fraction of sp³-hybridized carbons (Fsp3) is 0.250. The van der Waals surface area contributed by atoms with Crippen molar-refractivity contribution in [2.24, 2.45) is 0 Å². The van der Waals surface area contributed by atoms with Gasteiger partial charge in [0.1, 0.15) is 12.1 Å². The Hall–Kier alpha value is -2.36. The van der Waals surface area contributed by atoms with Gasteiger partial charge < -0.3 is 5.32 Å². The molecular weight excluding hydrogens is 248 g/mol. The molecule has 2 heterocycles. The largest absolute Gasteiger partial charge is 0.370 e. The maximum absolute atomic E-state index is 4.49. The molecule has 20 heavy (non-hydrogen) atoms. The quantitative estimate of drug-likeness (QED) is 0.789. The first kappa shape index (κ1) is 12.7. The maximum atomic E-state index is 4.49. The van der Waals surface area contributed by atoms with E-state index in [-0.39, 0.29) is 0 Å². The minimum Gasteiger partial charge on any atom is -0.370 e. The Balaban J connectivity index is 2.14. The molecule has 0 unspecified atom stereocenters. The zero-order chi connectivity index (χ0) is 14.1. The van der Waals surface area contributed by atoms with Gasteiger partial charge >= 0.3 is 0 Å². The predicted molar refractivity (Wildman–Crippen MR) is 82.5 cm³/mol. The van der Waals surface area contributed by atoms with E-state index in [4.69, 9.17) is 0 Å². The fourth-order valence-electron chi connectivity index (χ4n) is 2.32. The highest BCUT2D eigenvalue weighted by Gasteiger charge is 2.07. The van der Waals surface area contributed by atoms with Crippen LogP contribution in [0.15, 0.2) is 36.8 Å². The van der Waals surface area contributed by atoms with Crippen molar-refractivity contribution < 1.29 is 0 Å². The third-order valence-corrected chi connectivity index (χ3v) is 3.54. The number of anilines is 1. The van der Waals surface area contributed by atoms with Crippen LogP contribution >= 0.6 is 0 Å². The van der Waals surface area contributed by atoms with Gasteiger partial charge in [-0.25, -0.2) is 9.97 Å². The van der Waals surface area contributed by atoms with Gasteiger partial charge in [-0.15, -0.1) is 0 Å². The van der Waals surface area contributed by atoms with Crippen LogP contribution in [-0.2, 0) is 0 Å². The normalized spacial score (nSPS) is 10.9. The Morgan fingerprint density at radius 3 is 2.70 bits per heavy atom. The Kier molecular flexibility index (Phi) is 3.14. The molecule has 102 valence electrons. The van der Waals surface area contributed by atoms with Crippen molar-refractivity contribution in [1.29, 1.82) is 0 Å². The molecule has 3 aromatic rings. The summed E-state index contributed by atoms with van der Waals surface area (Å²) in [5.41, 5.74) is 5.77. The number of hydrogen-bond acceptors (Lipinski definition) is 3. The molecule has 0 aliphatic carbocycles. The molecule has 2 aromatic heterocycles. The molecule has 0 bridgehead atoms. The SMILES string of the molecule is CCNc1cc(-n2cnc3cc(C)c(C)cc32)ccn1. The Morgan fingerprint density at radius 2 is 1.90 bits per heavy atom. The van der Waals surface area contributed by atoms with Gasteiger partial charge in [-0.05, 0) is 50.1 Å². The molecule has 0 aliphatic rings. The van der Waals surface area contributed by atoms with E-state index >= 15 is 0 Å².